The molecule has 6 heteroatoms. The summed E-state index contributed by atoms with van der Waals surface area (Å²) in [5.41, 5.74) is 2.91. The molecule has 1 saturated heterocycles. The Bertz CT molecular complexity index is 933. The molecule has 0 unspecified atom stereocenters. The monoisotopic (exact) mass is 396 g/mol. The predicted octanol–water partition coefficient (Wildman–Crippen LogP) is 3.39. The van der Waals surface area contributed by atoms with Crippen molar-refractivity contribution >= 4 is 17.6 Å². The number of benzene rings is 2. The number of piperazine rings is 1. The number of Topliss-reactive ketones (excluding diaryl/α,β-unsaturated/α-hetero) is 1. The molecule has 0 bridgehead atoms. The van der Waals surface area contributed by atoms with E-state index in [-0.39, 0.29) is 30.4 Å². The average molecular weight is 396 g/mol. The fraction of sp³-hybridized carbons (Fsp3) is 0.348. The van der Waals surface area contributed by atoms with Gasteiger partial charge in [-0.15, -0.1) is 0 Å². The van der Waals surface area contributed by atoms with Crippen LogP contribution in [0.5, 0.6) is 0 Å². The quantitative estimate of drug-likeness (QED) is 0.728. The van der Waals surface area contributed by atoms with Crippen LogP contribution < -0.4 is 0 Å². The van der Waals surface area contributed by atoms with Crippen LogP contribution in [0.4, 0.5) is 4.39 Å². The Labute approximate surface area is 170 Å². The summed E-state index contributed by atoms with van der Waals surface area (Å²) < 4.78 is 13.3. The Balaban J connectivity index is 1.50. The summed E-state index contributed by atoms with van der Waals surface area (Å²) >= 11 is 0. The number of amides is 2. The van der Waals surface area contributed by atoms with E-state index in [0.717, 1.165) is 11.1 Å². The molecule has 0 N–H and O–H groups in total. The number of aryl methyl sites for hydroxylation is 2. The van der Waals surface area contributed by atoms with Crippen molar-refractivity contribution in [1.29, 1.82) is 0 Å². The second kappa shape index (κ2) is 8.99. The molecule has 152 valence electrons. The number of ketones is 1. The van der Waals surface area contributed by atoms with Crippen LogP contribution in [0.15, 0.2) is 42.5 Å². The second-order valence-electron chi connectivity index (χ2n) is 7.42. The van der Waals surface area contributed by atoms with Gasteiger partial charge in [0.15, 0.2) is 5.78 Å². The van der Waals surface area contributed by atoms with Crippen LogP contribution in [0, 0.1) is 19.7 Å². The number of nitrogens with zero attached hydrogens (tertiary/aromatic N) is 2. The molecule has 2 aromatic carbocycles. The van der Waals surface area contributed by atoms with E-state index in [1.165, 1.54) is 18.2 Å². The second-order valence-corrected chi connectivity index (χ2v) is 7.42. The minimum atomic E-state index is -0.446. The van der Waals surface area contributed by atoms with E-state index < -0.39 is 5.82 Å². The lowest BCUT2D eigenvalue weighted by Gasteiger charge is -2.35. The number of carbonyl (C=O) groups excluding carboxylic acids is 3. The van der Waals surface area contributed by atoms with Crippen molar-refractivity contribution in [2.24, 2.45) is 0 Å². The van der Waals surface area contributed by atoms with Crippen molar-refractivity contribution in [3.63, 3.8) is 0 Å². The van der Waals surface area contributed by atoms with Gasteiger partial charge in [-0.05, 0) is 43.7 Å². The molecule has 0 atom stereocenters. The van der Waals surface area contributed by atoms with Gasteiger partial charge in [0.25, 0.3) is 5.91 Å². The molecule has 0 spiro atoms. The summed E-state index contributed by atoms with van der Waals surface area (Å²) in [4.78, 5) is 40.8. The summed E-state index contributed by atoms with van der Waals surface area (Å²) in [6.45, 7) is 5.45. The van der Waals surface area contributed by atoms with Gasteiger partial charge in [-0.2, -0.15) is 0 Å². The molecule has 0 radical (unpaired) electrons. The number of carbonyl (C=O) groups is 3. The first-order chi connectivity index (χ1) is 13.8. The lowest BCUT2D eigenvalue weighted by molar-refractivity contribution is -0.132. The van der Waals surface area contributed by atoms with Crippen LogP contribution in [0.25, 0.3) is 0 Å². The number of rotatable bonds is 5. The van der Waals surface area contributed by atoms with Gasteiger partial charge in [-0.3, -0.25) is 14.4 Å². The highest BCUT2D eigenvalue weighted by molar-refractivity contribution is 5.99. The number of hydrogen-bond donors (Lipinski definition) is 0. The summed E-state index contributed by atoms with van der Waals surface area (Å²) in [7, 11) is 0. The molecular weight excluding hydrogens is 371 g/mol. The minimum Gasteiger partial charge on any atom is -0.339 e. The summed E-state index contributed by atoms with van der Waals surface area (Å²) in [6, 6.07) is 11.4. The van der Waals surface area contributed by atoms with Gasteiger partial charge in [0.1, 0.15) is 5.82 Å². The SMILES string of the molecule is Cc1ccc(C)c(C(=O)CCC(=O)N2CCN(C(=O)c3cccc(F)c3)CC2)c1. The zero-order valence-electron chi connectivity index (χ0n) is 16.8. The van der Waals surface area contributed by atoms with Crippen molar-refractivity contribution in [2.45, 2.75) is 26.7 Å². The van der Waals surface area contributed by atoms with E-state index in [0.29, 0.717) is 37.3 Å². The van der Waals surface area contributed by atoms with E-state index in [1.54, 1.807) is 15.9 Å². The predicted molar refractivity (Wildman–Crippen MR) is 108 cm³/mol. The van der Waals surface area contributed by atoms with Crippen LogP contribution in [0.1, 0.15) is 44.7 Å². The lowest BCUT2D eigenvalue weighted by Crippen LogP contribution is -2.50. The molecular formula is C23H25FN2O3. The van der Waals surface area contributed by atoms with Crippen molar-refractivity contribution in [3.05, 3.63) is 70.5 Å². The first kappa shape index (κ1) is 20.7. The van der Waals surface area contributed by atoms with Crippen LogP contribution in [-0.2, 0) is 4.79 Å². The Morgan fingerprint density at radius 3 is 2.28 bits per heavy atom. The van der Waals surface area contributed by atoms with Gasteiger partial charge in [0.05, 0.1) is 0 Å². The maximum absolute atomic E-state index is 13.3. The summed E-state index contributed by atoms with van der Waals surface area (Å²) in [5.74, 6) is -0.791. The van der Waals surface area contributed by atoms with E-state index >= 15 is 0 Å². The molecule has 1 heterocycles. The zero-order chi connectivity index (χ0) is 21.0. The molecule has 0 aromatic heterocycles. The van der Waals surface area contributed by atoms with Crippen molar-refractivity contribution < 1.29 is 18.8 Å². The molecule has 5 nitrogen and oxygen atoms in total. The molecule has 2 amide bonds. The highest BCUT2D eigenvalue weighted by atomic mass is 19.1. The topological polar surface area (TPSA) is 57.7 Å². The smallest absolute Gasteiger partial charge is 0.254 e. The first-order valence-electron chi connectivity index (χ1n) is 9.78. The van der Waals surface area contributed by atoms with Crippen LogP contribution in [-0.4, -0.2) is 53.6 Å². The Morgan fingerprint density at radius 1 is 0.897 bits per heavy atom. The Hall–Kier alpha value is -3.02. The largest absolute Gasteiger partial charge is 0.339 e. The minimum absolute atomic E-state index is 0.0283. The van der Waals surface area contributed by atoms with E-state index in [9.17, 15) is 18.8 Å². The van der Waals surface area contributed by atoms with E-state index in [2.05, 4.69) is 0 Å². The molecule has 0 saturated carbocycles. The molecule has 3 rings (SSSR count). The lowest BCUT2D eigenvalue weighted by atomic mass is 9.99. The van der Waals surface area contributed by atoms with Crippen molar-refractivity contribution in [1.82, 2.24) is 9.80 Å². The molecule has 1 aliphatic heterocycles. The molecule has 2 aromatic rings. The van der Waals surface area contributed by atoms with Crippen LogP contribution >= 0.6 is 0 Å². The van der Waals surface area contributed by atoms with E-state index in [1.807, 2.05) is 32.0 Å². The van der Waals surface area contributed by atoms with Crippen molar-refractivity contribution in [3.8, 4) is 0 Å². The highest BCUT2D eigenvalue weighted by Gasteiger charge is 2.25. The molecule has 1 fully saturated rings. The average Bonchev–Trinajstić information content (AvgIpc) is 2.73. The van der Waals surface area contributed by atoms with Gasteiger partial charge >= 0.3 is 0 Å². The Kier molecular flexibility index (Phi) is 6.42. The fourth-order valence-electron chi connectivity index (χ4n) is 3.51. The van der Waals surface area contributed by atoms with Gasteiger partial charge < -0.3 is 9.80 Å². The normalized spacial score (nSPS) is 14.0. The number of halogens is 1. The number of hydrogen-bond acceptors (Lipinski definition) is 3. The maximum atomic E-state index is 13.3. The fourth-order valence-corrected chi connectivity index (χ4v) is 3.51. The summed E-state index contributed by atoms with van der Waals surface area (Å²) in [5, 5.41) is 0. The van der Waals surface area contributed by atoms with Gasteiger partial charge in [0, 0.05) is 50.1 Å². The molecule has 0 aliphatic carbocycles. The van der Waals surface area contributed by atoms with E-state index in [4.69, 9.17) is 0 Å². The summed E-state index contributed by atoms with van der Waals surface area (Å²) in [6.07, 6.45) is 0.329. The third-order valence-corrected chi connectivity index (χ3v) is 5.25. The third kappa shape index (κ3) is 5.08. The zero-order valence-corrected chi connectivity index (χ0v) is 16.8. The third-order valence-electron chi connectivity index (χ3n) is 5.25. The van der Waals surface area contributed by atoms with Crippen LogP contribution in [0.3, 0.4) is 0 Å². The van der Waals surface area contributed by atoms with Gasteiger partial charge in [0.2, 0.25) is 5.91 Å². The standard InChI is InChI=1S/C23H25FN2O3/c1-16-6-7-17(2)20(14-16)21(27)8-9-22(28)25-10-12-26(13-11-25)23(29)18-4-3-5-19(24)15-18/h3-7,14-15H,8-13H2,1-2H3. The molecule has 1 aliphatic rings. The van der Waals surface area contributed by atoms with Crippen LogP contribution in [0.2, 0.25) is 0 Å². The molecule has 29 heavy (non-hydrogen) atoms. The maximum Gasteiger partial charge on any atom is 0.254 e. The Morgan fingerprint density at radius 2 is 1.59 bits per heavy atom. The highest BCUT2D eigenvalue weighted by Crippen LogP contribution is 2.15. The van der Waals surface area contributed by atoms with Gasteiger partial charge in [-0.1, -0.05) is 23.8 Å². The van der Waals surface area contributed by atoms with Gasteiger partial charge in [-0.25, -0.2) is 4.39 Å². The van der Waals surface area contributed by atoms with Crippen molar-refractivity contribution in [2.75, 3.05) is 26.2 Å². The first-order valence-corrected chi connectivity index (χ1v) is 9.78.